The average molecular weight is 301 g/mol. The van der Waals surface area contributed by atoms with E-state index in [0.717, 1.165) is 5.56 Å². The molecule has 0 bridgehead atoms. The van der Waals surface area contributed by atoms with Gasteiger partial charge >= 0.3 is 0 Å². The standard InChI is InChI=1S/C15H11NO4S/c17-13-9-14(10-5-2-1-3-6-10)20-15-11(13)7-4-8-12(15)16-21(18)19/h1-9,16H,(H,18,19). The maximum atomic E-state index is 12.2. The van der Waals surface area contributed by atoms with Crippen molar-refractivity contribution < 1.29 is 13.2 Å². The normalized spacial score (nSPS) is 12.2. The van der Waals surface area contributed by atoms with Crippen molar-refractivity contribution in [2.24, 2.45) is 0 Å². The third kappa shape index (κ3) is 2.72. The summed E-state index contributed by atoms with van der Waals surface area (Å²) in [6.07, 6.45) is 0. The highest BCUT2D eigenvalue weighted by Gasteiger charge is 2.11. The van der Waals surface area contributed by atoms with Crippen LogP contribution < -0.4 is 10.2 Å². The van der Waals surface area contributed by atoms with Crippen LogP contribution in [0, 0.1) is 0 Å². The van der Waals surface area contributed by atoms with Gasteiger partial charge in [0, 0.05) is 11.6 Å². The van der Waals surface area contributed by atoms with Crippen LogP contribution in [0.1, 0.15) is 0 Å². The Labute approximate surface area is 122 Å². The van der Waals surface area contributed by atoms with Crippen LogP contribution in [-0.4, -0.2) is 8.76 Å². The molecule has 0 aliphatic rings. The predicted molar refractivity (Wildman–Crippen MR) is 82.3 cm³/mol. The molecule has 0 aliphatic heterocycles. The van der Waals surface area contributed by atoms with E-state index in [1.807, 2.05) is 30.3 Å². The summed E-state index contributed by atoms with van der Waals surface area (Å²) in [5.74, 6) is 0.408. The number of anilines is 1. The Hall–Kier alpha value is -2.44. The second-order valence-corrected chi connectivity index (χ2v) is 5.08. The van der Waals surface area contributed by atoms with Gasteiger partial charge in [0.15, 0.2) is 11.0 Å². The van der Waals surface area contributed by atoms with Crippen LogP contribution in [0.4, 0.5) is 5.69 Å². The summed E-state index contributed by atoms with van der Waals surface area (Å²) < 4.78 is 28.0. The van der Waals surface area contributed by atoms with Crippen LogP contribution in [0.25, 0.3) is 22.3 Å². The Morgan fingerprint density at radius 3 is 2.52 bits per heavy atom. The Morgan fingerprint density at radius 2 is 1.81 bits per heavy atom. The summed E-state index contributed by atoms with van der Waals surface area (Å²) in [7, 11) is 0. The molecule has 1 unspecified atom stereocenters. The second kappa shape index (κ2) is 5.51. The van der Waals surface area contributed by atoms with Gasteiger partial charge in [-0.1, -0.05) is 36.4 Å². The molecule has 1 atom stereocenters. The molecule has 5 nitrogen and oxygen atoms in total. The minimum atomic E-state index is -2.24. The molecule has 3 rings (SSSR count). The fraction of sp³-hybridized carbons (Fsp3) is 0. The van der Waals surface area contributed by atoms with E-state index in [4.69, 9.17) is 8.97 Å². The zero-order valence-corrected chi connectivity index (χ0v) is 11.6. The first-order valence-corrected chi connectivity index (χ1v) is 7.25. The van der Waals surface area contributed by atoms with Gasteiger partial charge in [0.25, 0.3) is 11.3 Å². The summed E-state index contributed by atoms with van der Waals surface area (Å²) in [5, 5.41) is 0.352. The van der Waals surface area contributed by atoms with Crippen molar-refractivity contribution in [1.29, 1.82) is 0 Å². The highest BCUT2D eigenvalue weighted by atomic mass is 32.2. The predicted octanol–water partition coefficient (Wildman–Crippen LogP) is 3.01. The van der Waals surface area contributed by atoms with Crippen molar-refractivity contribution in [1.82, 2.24) is 0 Å². The molecule has 6 heteroatoms. The minimum absolute atomic E-state index is 0.206. The fourth-order valence-corrected chi connectivity index (χ4v) is 2.45. The molecule has 0 saturated carbocycles. The number of benzene rings is 2. The lowest BCUT2D eigenvalue weighted by Crippen LogP contribution is -2.05. The molecular weight excluding hydrogens is 290 g/mol. The van der Waals surface area contributed by atoms with E-state index in [1.54, 1.807) is 18.2 Å². The maximum absolute atomic E-state index is 12.2. The highest BCUT2D eigenvalue weighted by molar-refractivity contribution is 7.80. The van der Waals surface area contributed by atoms with Gasteiger partial charge in [-0.05, 0) is 12.1 Å². The number of hydrogen-bond acceptors (Lipinski definition) is 3. The van der Waals surface area contributed by atoms with E-state index in [2.05, 4.69) is 4.72 Å². The molecular formula is C15H11NO4S. The van der Waals surface area contributed by atoms with Crippen LogP contribution in [0.2, 0.25) is 0 Å². The Kier molecular flexibility index (Phi) is 3.55. The van der Waals surface area contributed by atoms with Gasteiger partial charge < -0.3 is 4.42 Å². The molecule has 0 spiro atoms. The molecule has 106 valence electrons. The SMILES string of the molecule is O=c1cc(-c2ccccc2)oc2c(NS(=O)O)cccc12. The summed E-state index contributed by atoms with van der Waals surface area (Å²) in [6, 6.07) is 15.4. The molecule has 2 N–H and O–H groups in total. The van der Waals surface area contributed by atoms with E-state index in [1.165, 1.54) is 6.07 Å². The number of rotatable bonds is 3. The third-order valence-electron chi connectivity index (χ3n) is 3.01. The van der Waals surface area contributed by atoms with Crippen molar-refractivity contribution in [3.63, 3.8) is 0 Å². The maximum Gasteiger partial charge on any atom is 0.259 e. The lowest BCUT2D eigenvalue weighted by atomic mass is 10.1. The summed E-state index contributed by atoms with van der Waals surface area (Å²) >= 11 is -2.24. The van der Waals surface area contributed by atoms with Gasteiger partial charge in [0.2, 0.25) is 0 Å². The average Bonchev–Trinajstić information content (AvgIpc) is 2.48. The van der Waals surface area contributed by atoms with Gasteiger partial charge in [-0.25, -0.2) is 4.21 Å². The monoisotopic (exact) mass is 301 g/mol. The van der Waals surface area contributed by atoms with Gasteiger partial charge in [0.1, 0.15) is 5.76 Å². The van der Waals surface area contributed by atoms with E-state index in [9.17, 15) is 9.00 Å². The zero-order chi connectivity index (χ0) is 14.8. The van der Waals surface area contributed by atoms with Crippen LogP contribution in [0.3, 0.4) is 0 Å². The Bertz CT molecular complexity index is 874. The van der Waals surface area contributed by atoms with Crippen molar-refractivity contribution in [3.8, 4) is 11.3 Å². The molecule has 0 aliphatic carbocycles. The number of para-hydroxylation sites is 1. The molecule has 2 aromatic carbocycles. The lowest BCUT2D eigenvalue weighted by Gasteiger charge is -2.07. The smallest absolute Gasteiger partial charge is 0.259 e. The lowest BCUT2D eigenvalue weighted by molar-refractivity contribution is 0.569. The number of nitrogens with one attached hydrogen (secondary N) is 1. The topological polar surface area (TPSA) is 79.5 Å². The van der Waals surface area contributed by atoms with E-state index < -0.39 is 11.3 Å². The zero-order valence-electron chi connectivity index (χ0n) is 10.8. The van der Waals surface area contributed by atoms with Crippen LogP contribution in [0.15, 0.2) is 63.8 Å². The quantitative estimate of drug-likeness (QED) is 0.729. The molecule has 21 heavy (non-hydrogen) atoms. The first-order valence-electron chi connectivity index (χ1n) is 6.15. The van der Waals surface area contributed by atoms with Crippen molar-refractivity contribution >= 4 is 27.9 Å². The van der Waals surface area contributed by atoms with Crippen molar-refractivity contribution in [2.75, 3.05) is 4.72 Å². The molecule has 0 radical (unpaired) electrons. The summed E-state index contributed by atoms with van der Waals surface area (Å²) in [4.78, 5) is 12.2. The Balaban J connectivity index is 2.26. The number of fused-ring (bicyclic) bond motifs is 1. The second-order valence-electron chi connectivity index (χ2n) is 4.37. The largest absolute Gasteiger partial charge is 0.454 e. The van der Waals surface area contributed by atoms with Crippen LogP contribution >= 0.6 is 0 Å². The molecule has 1 heterocycles. The van der Waals surface area contributed by atoms with Gasteiger partial charge in [-0.2, -0.15) is 0 Å². The summed E-state index contributed by atoms with van der Waals surface area (Å²) in [6.45, 7) is 0. The Morgan fingerprint density at radius 1 is 1.05 bits per heavy atom. The van der Waals surface area contributed by atoms with Crippen LogP contribution in [-0.2, 0) is 11.3 Å². The molecule has 3 aromatic rings. The van der Waals surface area contributed by atoms with E-state index >= 15 is 0 Å². The minimum Gasteiger partial charge on any atom is -0.454 e. The first-order chi connectivity index (χ1) is 10.1. The molecule has 0 amide bonds. The van der Waals surface area contributed by atoms with Crippen LogP contribution in [0.5, 0.6) is 0 Å². The van der Waals surface area contributed by atoms with E-state index in [0.29, 0.717) is 16.8 Å². The molecule has 1 aromatic heterocycles. The fourth-order valence-electron chi connectivity index (χ4n) is 2.10. The van der Waals surface area contributed by atoms with Gasteiger partial charge in [0.05, 0.1) is 11.1 Å². The van der Waals surface area contributed by atoms with E-state index in [-0.39, 0.29) is 11.0 Å². The van der Waals surface area contributed by atoms with Gasteiger partial charge in [-0.15, -0.1) is 0 Å². The molecule has 0 fully saturated rings. The first kappa shape index (κ1) is 13.5. The number of hydrogen-bond donors (Lipinski definition) is 2. The molecule has 0 saturated heterocycles. The summed E-state index contributed by atoms with van der Waals surface area (Å²) in [5.41, 5.74) is 1.10. The van der Waals surface area contributed by atoms with Gasteiger partial charge in [-0.3, -0.25) is 14.1 Å². The third-order valence-corrected chi connectivity index (χ3v) is 3.40. The highest BCUT2D eigenvalue weighted by Crippen LogP contribution is 2.26. The van der Waals surface area contributed by atoms with Crippen molar-refractivity contribution in [3.05, 3.63) is 64.8 Å². The van der Waals surface area contributed by atoms with Crippen molar-refractivity contribution in [2.45, 2.75) is 0 Å².